The van der Waals surface area contributed by atoms with E-state index in [1.165, 1.54) is 39.1 Å². The van der Waals surface area contributed by atoms with Gasteiger partial charge in [-0.15, -0.1) is 0 Å². The number of allylic oxidation sites excluding steroid dienone is 3. The van der Waals surface area contributed by atoms with Gasteiger partial charge in [-0.05, 0) is 66.7 Å². The van der Waals surface area contributed by atoms with Crippen molar-refractivity contribution in [1.82, 2.24) is 4.90 Å². The first-order valence-corrected chi connectivity index (χ1v) is 10.4. The molecule has 1 heterocycles. The first-order valence-electron chi connectivity index (χ1n) is 10.4. The van der Waals surface area contributed by atoms with E-state index in [4.69, 9.17) is 5.73 Å². The van der Waals surface area contributed by atoms with Gasteiger partial charge in [-0.3, -0.25) is 4.79 Å². The van der Waals surface area contributed by atoms with Crippen LogP contribution in [0.3, 0.4) is 0 Å². The van der Waals surface area contributed by atoms with E-state index in [9.17, 15) is 4.79 Å². The second-order valence-corrected chi connectivity index (χ2v) is 7.64. The molecule has 1 aliphatic rings. The van der Waals surface area contributed by atoms with E-state index in [0.717, 1.165) is 18.5 Å². The minimum Gasteiger partial charge on any atom is -0.366 e. The van der Waals surface area contributed by atoms with Gasteiger partial charge in [-0.25, -0.2) is 0 Å². The van der Waals surface area contributed by atoms with Crippen molar-refractivity contribution in [2.24, 2.45) is 5.73 Å². The number of benzene rings is 2. The normalized spacial score (nSPS) is 14.5. The van der Waals surface area contributed by atoms with Crippen LogP contribution in [0.2, 0.25) is 0 Å². The number of nitrogens with zero attached hydrogens (tertiary/aromatic N) is 1. The van der Waals surface area contributed by atoms with Crippen LogP contribution in [0, 0.1) is 13.8 Å². The number of hydrogen-bond acceptors (Lipinski definition) is 2. The molecule has 2 aromatic carbocycles. The van der Waals surface area contributed by atoms with Crippen molar-refractivity contribution in [3.05, 3.63) is 101 Å². The molecule has 0 aliphatic carbocycles. The number of carbonyl (C=O) groups is 1. The Kier molecular flexibility index (Phi) is 6.41. The summed E-state index contributed by atoms with van der Waals surface area (Å²) in [4.78, 5) is 13.6. The maximum atomic E-state index is 11.5. The highest BCUT2D eigenvalue weighted by atomic mass is 16.1. The van der Waals surface area contributed by atoms with Crippen molar-refractivity contribution in [3.63, 3.8) is 0 Å². The van der Waals surface area contributed by atoms with E-state index in [0.29, 0.717) is 5.57 Å². The van der Waals surface area contributed by atoms with Crippen LogP contribution in [0.4, 0.5) is 0 Å². The van der Waals surface area contributed by atoms with Gasteiger partial charge in [0.1, 0.15) is 0 Å². The van der Waals surface area contributed by atoms with Gasteiger partial charge >= 0.3 is 0 Å². The molecule has 3 rings (SSSR count). The summed E-state index contributed by atoms with van der Waals surface area (Å²) < 4.78 is 0. The number of carbonyl (C=O) groups excluding carboxylic acids is 1. The van der Waals surface area contributed by atoms with Crippen LogP contribution in [0.15, 0.2) is 84.4 Å². The van der Waals surface area contributed by atoms with Crippen LogP contribution in [0.1, 0.15) is 43.4 Å². The minimum absolute atomic E-state index is 0.440. The van der Waals surface area contributed by atoms with Crippen molar-refractivity contribution in [1.29, 1.82) is 0 Å². The Balaban J connectivity index is 2.16. The fraction of sp³-hybridized carbons (Fsp3) is 0.222. The van der Waals surface area contributed by atoms with E-state index in [1.807, 2.05) is 6.20 Å². The molecule has 0 saturated carbocycles. The van der Waals surface area contributed by atoms with Gasteiger partial charge in [0, 0.05) is 23.2 Å². The Hall–Kier alpha value is -3.33. The highest BCUT2D eigenvalue weighted by molar-refractivity contribution is 5.95. The van der Waals surface area contributed by atoms with Gasteiger partial charge in [-0.2, -0.15) is 0 Å². The lowest BCUT2D eigenvalue weighted by Crippen LogP contribution is -2.22. The standard InChI is InChI=1S/C27H30N2O/c1-6-22(26(7-2)29-15-14-21(27(28)30)17-20(29)5)24-10-8-9-11-25(24)23-13-12-18(3)16-19(23)4/h8-17H,5-7H2,1-4H3,(H2,28,30)/b26-22+. The third-order valence-electron chi connectivity index (χ3n) is 5.57. The molecule has 0 fully saturated rings. The molecule has 0 spiro atoms. The number of amides is 1. The summed E-state index contributed by atoms with van der Waals surface area (Å²) in [5.41, 5.74) is 15.4. The number of hydrogen-bond donors (Lipinski definition) is 1. The summed E-state index contributed by atoms with van der Waals surface area (Å²) >= 11 is 0. The van der Waals surface area contributed by atoms with E-state index in [2.05, 4.69) is 81.6 Å². The van der Waals surface area contributed by atoms with Gasteiger partial charge in [0.25, 0.3) is 0 Å². The summed E-state index contributed by atoms with van der Waals surface area (Å²) in [7, 11) is 0. The summed E-state index contributed by atoms with van der Waals surface area (Å²) in [6.45, 7) is 12.8. The molecule has 0 bridgehead atoms. The van der Waals surface area contributed by atoms with E-state index in [1.54, 1.807) is 12.2 Å². The van der Waals surface area contributed by atoms with Crippen molar-refractivity contribution in [3.8, 4) is 11.1 Å². The maximum absolute atomic E-state index is 11.5. The van der Waals surface area contributed by atoms with Gasteiger partial charge in [0.2, 0.25) is 5.91 Å². The second kappa shape index (κ2) is 9.00. The van der Waals surface area contributed by atoms with Crippen LogP contribution in [0.5, 0.6) is 0 Å². The lowest BCUT2D eigenvalue weighted by atomic mass is 9.89. The zero-order valence-electron chi connectivity index (χ0n) is 18.3. The summed E-state index contributed by atoms with van der Waals surface area (Å²) in [6, 6.07) is 15.2. The minimum atomic E-state index is -0.440. The van der Waals surface area contributed by atoms with Gasteiger partial charge in [0.15, 0.2) is 0 Å². The topological polar surface area (TPSA) is 46.3 Å². The van der Waals surface area contributed by atoms with Gasteiger partial charge in [-0.1, -0.05) is 68.5 Å². The Morgan fingerprint density at radius 2 is 1.77 bits per heavy atom. The van der Waals surface area contributed by atoms with Crippen molar-refractivity contribution in [2.75, 3.05) is 0 Å². The molecule has 30 heavy (non-hydrogen) atoms. The molecule has 1 aliphatic heterocycles. The van der Waals surface area contributed by atoms with Crippen molar-refractivity contribution >= 4 is 11.5 Å². The van der Waals surface area contributed by atoms with Gasteiger partial charge in [0.05, 0.1) is 0 Å². The molecule has 0 radical (unpaired) electrons. The third-order valence-corrected chi connectivity index (χ3v) is 5.57. The monoisotopic (exact) mass is 398 g/mol. The summed E-state index contributed by atoms with van der Waals surface area (Å²) in [6.07, 6.45) is 7.14. The smallest absolute Gasteiger partial charge is 0.248 e. The van der Waals surface area contributed by atoms with Crippen LogP contribution >= 0.6 is 0 Å². The number of primary amides is 1. The fourth-order valence-electron chi connectivity index (χ4n) is 4.14. The molecule has 2 N–H and O–H groups in total. The van der Waals surface area contributed by atoms with Crippen molar-refractivity contribution in [2.45, 2.75) is 40.5 Å². The molecule has 3 nitrogen and oxygen atoms in total. The Bertz CT molecular complexity index is 1090. The highest BCUT2D eigenvalue weighted by Gasteiger charge is 2.20. The Labute approximate surface area is 179 Å². The maximum Gasteiger partial charge on any atom is 0.248 e. The molecular formula is C27H30N2O. The highest BCUT2D eigenvalue weighted by Crippen LogP contribution is 2.37. The van der Waals surface area contributed by atoms with E-state index < -0.39 is 5.91 Å². The van der Waals surface area contributed by atoms with Crippen LogP contribution in [0.25, 0.3) is 16.7 Å². The average molecular weight is 399 g/mol. The molecule has 0 atom stereocenters. The number of rotatable bonds is 6. The Morgan fingerprint density at radius 1 is 1.03 bits per heavy atom. The number of aryl methyl sites for hydroxylation is 2. The molecule has 0 aromatic heterocycles. The zero-order valence-corrected chi connectivity index (χ0v) is 18.3. The first kappa shape index (κ1) is 21.4. The molecule has 3 heteroatoms. The first-order chi connectivity index (χ1) is 14.4. The summed E-state index contributed by atoms with van der Waals surface area (Å²) in [5.74, 6) is -0.440. The molecule has 1 amide bonds. The predicted octanol–water partition coefficient (Wildman–Crippen LogP) is 6.26. The van der Waals surface area contributed by atoms with Crippen LogP contribution in [-0.4, -0.2) is 10.8 Å². The molecular weight excluding hydrogens is 368 g/mol. The zero-order chi connectivity index (χ0) is 21.8. The second-order valence-electron chi connectivity index (χ2n) is 7.64. The van der Waals surface area contributed by atoms with E-state index in [-0.39, 0.29) is 0 Å². The molecule has 0 saturated heterocycles. The Morgan fingerprint density at radius 3 is 2.37 bits per heavy atom. The fourth-order valence-corrected chi connectivity index (χ4v) is 4.14. The molecule has 0 unspecified atom stereocenters. The third kappa shape index (κ3) is 4.16. The molecule has 2 aromatic rings. The largest absolute Gasteiger partial charge is 0.366 e. The average Bonchev–Trinajstić information content (AvgIpc) is 2.72. The predicted molar refractivity (Wildman–Crippen MR) is 126 cm³/mol. The summed E-state index contributed by atoms with van der Waals surface area (Å²) in [5, 5.41) is 0. The SMILES string of the molecule is C=C1C=C(C(N)=O)C=CN1/C(CC)=C(\CC)c1ccccc1-c1ccc(C)cc1C. The molecule has 154 valence electrons. The lowest BCUT2D eigenvalue weighted by molar-refractivity contribution is -0.114. The van der Waals surface area contributed by atoms with Crippen LogP contribution in [-0.2, 0) is 4.79 Å². The van der Waals surface area contributed by atoms with Crippen molar-refractivity contribution < 1.29 is 4.79 Å². The van der Waals surface area contributed by atoms with Crippen LogP contribution < -0.4 is 5.73 Å². The lowest BCUT2D eigenvalue weighted by Gasteiger charge is -2.30. The van der Waals surface area contributed by atoms with Gasteiger partial charge < -0.3 is 10.6 Å². The number of nitrogens with two attached hydrogens (primary N) is 1. The van der Waals surface area contributed by atoms with E-state index >= 15 is 0 Å². The quantitative estimate of drug-likeness (QED) is 0.624.